The monoisotopic (exact) mass is 336 g/mol. The number of fused-ring (bicyclic) bond motifs is 1. The molecule has 1 aliphatic rings. The molecule has 0 bridgehead atoms. The molecule has 22 heavy (non-hydrogen) atoms. The average molecular weight is 336 g/mol. The van der Waals surface area contributed by atoms with Crippen LogP contribution in [-0.4, -0.2) is 45.7 Å². The van der Waals surface area contributed by atoms with E-state index in [0.717, 1.165) is 21.0 Å². The molecule has 0 radical (unpaired) electrons. The highest BCUT2D eigenvalue weighted by Crippen LogP contribution is 2.29. The third kappa shape index (κ3) is 3.41. The Hall–Kier alpha value is -1.60. The van der Waals surface area contributed by atoms with Gasteiger partial charge in [-0.1, -0.05) is 23.9 Å². The molecule has 3 rings (SSSR count). The van der Waals surface area contributed by atoms with Gasteiger partial charge in [-0.2, -0.15) is 0 Å². The summed E-state index contributed by atoms with van der Waals surface area (Å²) < 4.78 is 1.99. The number of piperidine rings is 1. The highest BCUT2D eigenvalue weighted by atomic mass is 32.2. The van der Waals surface area contributed by atoms with E-state index >= 15 is 0 Å². The number of thioether (sulfide) groups is 1. The summed E-state index contributed by atoms with van der Waals surface area (Å²) in [4.78, 5) is 29.5. The smallest absolute Gasteiger partial charge is 0.308 e. The summed E-state index contributed by atoms with van der Waals surface area (Å²) in [6, 6.07) is 7.89. The summed E-state index contributed by atoms with van der Waals surface area (Å²) in [5.41, 5.74) is 0.950. The van der Waals surface area contributed by atoms with Gasteiger partial charge >= 0.3 is 5.97 Å². The van der Waals surface area contributed by atoms with Crippen LogP contribution in [0.2, 0.25) is 0 Å². The number of carbonyl (C=O) groups excluding carboxylic acids is 1. The summed E-state index contributed by atoms with van der Waals surface area (Å²) >= 11 is 3.00. The number of para-hydroxylation sites is 1. The van der Waals surface area contributed by atoms with E-state index in [1.807, 2.05) is 24.3 Å². The topological polar surface area (TPSA) is 70.5 Å². The first-order chi connectivity index (χ1) is 10.6. The lowest BCUT2D eigenvalue weighted by atomic mass is 9.98. The van der Waals surface area contributed by atoms with Crippen LogP contribution in [0.4, 0.5) is 0 Å². The van der Waals surface area contributed by atoms with Crippen LogP contribution >= 0.6 is 23.1 Å². The highest BCUT2D eigenvalue weighted by molar-refractivity contribution is 8.01. The van der Waals surface area contributed by atoms with Gasteiger partial charge in [0, 0.05) is 13.1 Å². The zero-order valence-electron chi connectivity index (χ0n) is 11.9. The predicted molar refractivity (Wildman–Crippen MR) is 87.3 cm³/mol. The number of likely N-dealkylation sites (tertiary alicyclic amines) is 1. The molecule has 1 aromatic carbocycles. The SMILES string of the molecule is O=C(O)[C@H]1CCCN(C(=O)CSc2nc3ccccc3s2)C1. The maximum Gasteiger partial charge on any atom is 0.308 e. The van der Waals surface area contributed by atoms with Crippen molar-refractivity contribution in [2.24, 2.45) is 5.92 Å². The fourth-order valence-corrected chi connectivity index (χ4v) is 4.50. The molecule has 0 aliphatic carbocycles. The van der Waals surface area contributed by atoms with Crippen molar-refractivity contribution in [3.05, 3.63) is 24.3 Å². The van der Waals surface area contributed by atoms with Gasteiger partial charge in [-0.15, -0.1) is 11.3 Å². The number of nitrogens with zero attached hydrogens (tertiary/aromatic N) is 2. The number of benzene rings is 1. The van der Waals surface area contributed by atoms with Crippen molar-refractivity contribution < 1.29 is 14.7 Å². The second kappa shape index (κ2) is 6.66. The maximum absolute atomic E-state index is 12.2. The lowest BCUT2D eigenvalue weighted by molar-refractivity contribution is -0.145. The van der Waals surface area contributed by atoms with Gasteiger partial charge < -0.3 is 10.0 Å². The lowest BCUT2D eigenvalue weighted by Gasteiger charge is -2.30. The van der Waals surface area contributed by atoms with Gasteiger partial charge in [0.05, 0.1) is 21.9 Å². The van der Waals surface area contributed by atoms with Gasteiger partial charge in [0.1, 0.15) is 0 Å². The van der Waals surface area contributed by atoms with E-state index in [-0.39, 0.29) is 5.91 Å². The molecular formula is C15H16N2O3S2. The second-order valence-electron chi connectivity index (χ2n) is 5.25. The highest BCUT2D eigenvalue weighted by Gasteiger charge is 2.28. The predicted octanol–water partition coefficient (Wildman–Crippen LogP) is 2.71. The molecule has 5 nitrogen and oxygen atoms in total. The summed E-state index contributed by atoms with van der Waals surface area (Å²) in [5.74, 6) is -0.928. The number of thiazole rings is 1. The van der Waals surface area contributed by atoms with E-state index in [2.05, 4.69) is 4.98 Å². The van der Waals surface area contributed by atoms with Crippen LogP contribution in [0.15, 0.2) is 28.6 Å². The van der Waals surface area contributed by atoms with Crippen molar-refractivity contribution in [1.82, 2.24) is 9.88 Å². The van der Waals surface area contributed by atoms with Crippen molar-refractivity contribution in [3.8, 4) is 0 Å². The van der Waals surface area contributed by atoms with Crippen LogP contribution in [-0.2, 0) is 9.59 Å². The van der Waals surface area contributed by atoms with Gasteiger partial charge in [-0.3, -0.25) is 9.59 Å². The van der Waals surface area contributed by atoms with E-state index < -0.39 is 11.9 Å². The van der Waals surface area contributed by atoms with E-state index in [1.54, 1.807) is 16.2 Å². The third-order valence-electron chi connectivity index (χ3n) is 3.72. The number of aromatic nitrogens is 1. The first-order valence-electron chi connectivity index (χ1n) is 7.12. The molecule has 2 aromatic rings. The molecule has 7 heteroatoms. The Morgan fingerprint density at radius 2 is 2.23 bits per heavy atom. The zero-order valence-corrected chi connectivity index (χ0v) is 13.5. The standard InChI is InChI=1S/C15H16N2O3S2/c18-13(17-7-3-4-10(8-17)14(19)20)9-21-15-16-11-5-1-2-6-12(11)22-15/h1-2,5-6,10H,3-4,7-9H2,(H,19,20)/t10-/m0/s1. The van der Waals surface area contributed by atoms with Crippen molar-refractivity contribution in [2.75, 3.05) is 18.8 Å². The fourth-order valence-electron chi connectivity index (χ4n) is 2.53. The number of rotatable bonds is 4. The molecule has 0 saturated carbocycles. The maximum atomic E-state index is 12.2. The second-order valence-corrected chi connectivity index (χ2v) is 7.51. The summed E-state index contributed by atoms with van der Waals surface area (Å²) in [5, 5.41) is 9.07. The van der Waals surface area contributed by atoms with E-state index in [1.165, 1.54) is 11.8 Å². The lowest BCUT2D eigenvalue weighted by Crippen LogP contribution is -2.43. The molecule has 2 heterocycles. The van der Waals surface area contributed by atoms with E-state index in [4.69, 9.17) is 5.11 Å². The largest absolute Gasteiger partial charge is 0.481 e. The minimum Gasteiger partial charge on any atom is -0.481 e. The van der Waals surface area contributed by atoms with Crippen LogP contribution in [0.1, 0.15) is 12.8 Å². The Morgan fingerprint density at radius 1 is 1.41 bits per heavy atom. The van der Waals surface area contributed by atoms with Crippen LogP contribution in [0.5, 0.6) is 0 Å². The Bertz CT molecular complexity index is 668. The van der Waals surface area contributed by atoms with E-state index in [0.29, 0.717) is 25.3 Å². The van der Waals surface area contributed by atoms with Crippen LogP contribution in [0.25, 0.3) is 10.2 Å². The number of hydrogen-bond acceptors (Lipinski definition) is 5. The van der Waals surface area contributed by atoms with Gasteiger partial charge in [-0.25, -0.2) is 4.98 Å². The molecule has 116 valence electrons. The minimum absolute atomic E-state index is 0.00444. The van der Waals surface area contributed by atoms with Gasteiger partial charge in [0.15, 0.2) is 4.34 Å². The molecule has 1 N–H and O–H groups in total. The van der Waals surface area contributed by atoms with Crippen LogP contribution in [0, 0.1) is 5.92 Å². The molecule has 1 saturated heterocycles. The third-order valence-corrected chi connectivity index (χ3v) is 5.88. The number of hydrogen-bond donors (Lipinski definition) is 1. The van der Waals surface area contributed by atoms with Crippen LogP contribution in [0.3, 0.4) is 0 Å². The molecule has 1 amide bonds. The normalized spacial score (nSPS) is 18.5. The first-order valence-corrected chi connectivity index (χ1v) is 8.92. The van der Waals surface area contributed by atoms with Crippen molar-refractivity contribution in [2.45, 2.75) is 17.2 Å². The van der Waals surface area contributed by atoms with Gasteiger partial charge in [0.25, 0.3) is 0 Å². The number of amides is 1. The molecule has 1 fully saturated rings. The Balaban J connectivity index is 1.58. The Morgan fingerprint density at radius 3 is 3.00 bits per heavy atom. The minimum atomic E-state index is -0.809. The molecule has 1 atom stereocenters. The van der Waals surface area contributed by atoms with Gasteiger partial charge in [0.2, 0.25) is 5.91 Å². The van der Waals surface area contributed by atoms with Crippen LogP contribution < -0.4 is 0 Å². The molecule has 0 spiro atoms. The van der Waals surface area contributed by atoms with Crippen molar-refractivity contribution in [1.29, 1.82) is 0 Å². The fraction of sp³-hybridized carbons (Fsp3) is 0.400. The number of carboxylic acid groups (broad SMARTS) is 1. The summed E-state index contributed by atoms with van der Waals surface area (Å²) in [6.07, 6.45) is 1.42. The molecule has 0 unspecified atom stereocenters. The Kier molecular flexibility index (Phi) is 4.63. The Labute approximate surface area is 136 Å². The molecule has 1 aromatic heterocycles. The molecular weight excluding hydrogens is 320 g/mol. The van der Waals surface area contributed by atoms with Crippen molar-refractivity contribution in [3.63, 3.8) is 0 Å². The number of carboxylic acids is 1. The number of aliphatic carboxylic acids is 1. The zero-order chi connectivity index (χ0) is 15.5. The summed E-state index contributed by atoms with van der Waals surface area (Å²) in [7, 11) is 0. The number of carbonyl (C=O) groups is 2. The van der Waals surface area contributed by atoms with Gasteiger partial charge in [-0.05, 0) is 25.0 Å². The first kappa shape index (κ1) is 15.3. The van der Waals surface area contributed by atoms with E-state index in [9.17, 15) is 9.59 Å². The molecule has 1 aliphatic heterocycles. The quantitative estimate of drug-likeness (QED) is 0.869. The average Bonchev–Trinajstić information content (AvgIpc) is 2.95. The summed E-state index contributed by atoms with van der Waals surface area (Å²) in [6.45, 7) is 0.984. The van der Waals surface area contributed by atoms with Crippen molar-refractivity contribution >= 4 is 45.2 Å².